The normalized spacial score (nSPS) is 28.2. The zero-order chi connectivity index (χ0) is 16.8. The second-order valence-electron chi connectivity index (χ2n) is 6.85. The minimum absolute atomic E-state index is 0.324. The zero-order valence-corrected chi connectivity index (χ0v) is 14.6. The van der Waals surface area contributed by atoms with Gasteiger partial charge in [-0.05, 0) is 37.9 Å². The van der Waals surface area contributed by atoms with Crippen LogP contribution in [0.1, 0.15) is 23.2 Å². The Morgan fingerprint density at radius 1 is 1.38 bits per heavy atom. The SMILES string of the molecule is COc1c(C(N)=O)cc(Cl)c2c1NCCN2C1CN2CCC1CC2. The maximum absolute atomic E-state index is 11.7. The van der Waals surface area contributed by atoms with Gasteiger partial charge in [-0.3, -0.25) is 4.79 Å². The molecule has 1 amide bonds. The van der Waals surface area contributed by atoms with Gasteiger partial charge in [-0.25, -0.2) is 0 Å². The van der Waals surface area contributed by atoms with Crippen LogP contribution in [0, 0.1) is 5.92 Å². The number of amides is 1. The number of methoxy groups -OCH3 is 1. The number of rotatable bonds is 3. The lowest BCUT2D eigenvalue weighted by molar-refractivity contribution is 0.0853. The van der Waals surface area contributed by atoms with Crippen LogP contribution in [0.25, 0.3) is 0 Å². The maximum Gasteiger partial charge on any atom is 0.252 e. The number of benzene rings is 1. The van der Waals surface area contributed by atoms with Gasteiger partial charge in [0.15, 0.2) is 5.75 Å². The number of fused-ring (bicyclic) bond motifs is 4. The summed E-state index contributed by atoms with van der Waals surface area (Å²) in [7, 11) is 1.56. The fraction of sp³-hybridized carbons (Fsp3) is 0.588. The molecule has 24 heavy (non-hydrogen) atoms. The van der Waals surface area contributed by atoms with E-state index in [2.05, 4.69) is 15.1 Å². The highest BCUT2D eigenvalue weighted by atomic mass is 35.5. The lowest BCUT2D eigenvalue weighted by atomic mass is 9.82. The number of piperidine rings is 3. The number of carbonyl (C=O) groups excluding carboxylic acids is 1. The average molecular weight is 351 g/mol. The number of carbonyl (C=O) groups is 1. The first-order valence-electron chi connectivity index (χ1n) is 8.53. The first-order valence-corrected chi connectivity index (χ1v) is 8.91. The number of primary amides is 1. The third-order valence-electron chi connectivity index (χ3n) is 5.64. The summed E-state index contributed by atoms with van der Waals surface area (Å²) in [6, 6.07) is 2.11. The van der Waals surface area contributed by atoms with Crippen molar-refractivity contribution in [3.05, 3.63) is 16.7 Å². The van der Waals surface area contributed by atoms with E-state index >= 15 is 0 Å². The summed E-state index contributed by atoms with van der Waals surface area (Å²) in [5, 5.41) is 3.92. The summed E-state index contributed by atoms with van der Waals surface area (Å²) >= 11 is 6.58. The van der Waals surface area contributed by atoms with E-state index in [1.165, 1.54) is 25.9 Å². The first-order chi connectivity index (χ1) is 11.6. The van der Waals surface area contributed by atoms with Crippen LogP contribution in [-0.2, 0) is 0 Å². The molecule has 7 heteroatoms. The largest absolute Gasteiger partial charge is 0.494 e. The van der Waals surface area contributed by atoms with E-state index in [9.17, 15) is 4.79 Å². The van der Waals surface area contributed by atoms with Crippen LogP contribution in [-0.4, -0.2) is 56.7 Å². The zero-order valence-electron chi connectivity index (χ0n) is 13.8. The molecular formula is C17H23ClN4O2. The highest BCUT2D eigenvalue weighted by Crippen LogP contribution is 2.47. The number of hydrogen-bond acceptors (Lipinski definition) is 5. The van der Waals surface area contributed by atoms with E-state index in [1.807, 2.05) is 0 Å². The van der Waals surface area contributed by atoms with Crippen LogP contribution in [0.15, 0.2) is 6.07 Å². The van der Waals surface area contributed by atoms with E-state index in [0.717, 1.165) is 31.0 Å². The molecule has 3 saturated heterocycles. The van der Waals surface area contributed by atoms with Crippen LogP contribution in [0.3, 0.4) is 0 Å². The van der Waals surface area contributed by atoms with E-state index in [0.29, 0.717) is 28.3 Å². The van der Waals surface area contributed by atoms with Crippen molar-refractivity contribution in [1.82, 2.24) is 4.90 Å². The standard InChI is InChI=1S/C17H23ClN4O2/c1-24-16-11(17(19)23)8-12(18)15-14(16)20-4-7-22(15)13-9-21-5-2-10(13)3-6-21/h8,10,13,20H,2-7,9H2,1H3,(H2,19,23). The number of hydrogen-bond donors (Lipinski definition) is 2. The summed E-state index contributed by atoms with van der Waals surface area (Å²) in [6.07, 6.45) is 2.50. The van der Waals surface area contributed by atoms with Crippen LogP contribution in [0.4, 0.5) is 11.4 Å². The molecule has 6 nitrogen and oxygen atoms in total. The first kappa shape index (κ1) is 15.8. The second-order valence-corrected chi connectivity index (χ2v) is 7.26. The van der Waals surface area contributed by atoms with E-state index in [-0.39, 0.29) is 0 Å². The number of nitrogens with zero attached hydrogens (tertiary/aromatic N) is 2. The van der Waals surface area contributed by atoms with Crippen molar-refractivity contribution in [2.45, 2.75) is 18.9 Å². The molecule has 130 valence electrons. The molecule has 1 atom stereocenters. The van der Waals surface area contributed by atoms with E-state index < -0.39 is 5.91 Å². The van der Waals surface area contributed by atoms with Gasteiger partial charge in [0.05, 0.1) is 23.4 Å². The highest BCUT2D eigenvalue weighted by molar-refractivity contribution is 6.35. The molecule has 1 aromatic rings. The number of halogens is 1. The van der Waals surface area contributed by atoms with Gasteiger partial charge in [-0.15, -0.1) is 0 Å². The van der Waals surface area contributed by atoms with Crippen LogP contribution in [0.5, 0.6) is 5.75 Å². The molecule has 3 N–H and O–H groups in total. The fourth-order valence-corrected chi connectivity index (χ4v) is 4.81. The lowest BCUT2D eigenvalue weighted by Gasteiger charge is -2.51. The van der Waals surface area contributed by atoms with E-state index in [4.69, 9.17) is 22.1 Å². The Morgan fingerprint density at radius 2 is 2.12 bits per heavy atom. The van der Waals surface area contributed by atoms with Crippen LogP contribution in [0.2, 0.25) is 5.02 Å². The molecule has 2 bridgehead atoms. The summed E-state index contributed by atoms with van der Waals surface area (Å²) < 4.78 is 5.50. The fourth-order valence-electron chi connectivity index (χ4n) is 4.49. The minimum Gasteiger partial charge on any atom is -0.494 e. The lowest BCUT2D eigenvalue weighted by Crippen LogP contribution is -2.59. The molecular weight excluding hydrogens is 328 g/mol. The molecule has 0 radical (unpaired) electrons. The van der Waals surface area contributed by atoms with Gasteiger partial charge >= 0.3 is 0 Å². The highest BCUT2D eigenvalue weighted by Gasteiger charge is 2.40. The van der Waals surface area contributed by atoms with Gasteiger partial charge in [0.2, 0.25) is 0 Å². The molecule has 0 saturated carbocycles. The Morgan fingerprint density at radius 3 is 2.71 bits per heavy atom. The van der Waals surface area contributed by atoms with Crippen LogP contribution >= 0.6 is 11.6 Å². The molecule has 0 spiro atoms. The molecule has 0 aromatic heterocycles. The Labute approximate surface area is 146 Å². The number of anilines is 2. The van der Waals surface area contributed by atoms with E-state index in [1.54, 1.807) is 13.2 Å². The number of nitrogens with two attached hydrogens (primary N) is 1. The van der Waals surface area contributed by atoms with Gasteiger partial charge in [0.1, 0.15) is 5.69 Å². The topological polar surface area (TPSA) is 70.8 Å². The van der Waals surface area contributed by atoms with Gasteiger partial charge in [-0.2, -0.15) is 0 Å². The molecule has 3 fully saturated rings. The second kappa shape index (κ2) is 6.01. The molecule has 5 rings (SSSR count). The van der Waals surface area contributed by atoms with Gasteiger partial charge in [0, 0.05) is 25.7 Å². The molecule has 4 heterocycles. The van der Waals surface area contributed by atoms with Gasteiger partial charge in [-0.1, -0.05) is 11.6 Å². The molecule has 1 aromatic carbocycles. The summed E-state index contributed by atoms with van der Waals surface area (Å²) in [6.45, 7) is 5.20. The maximum atomic E-state index is 11.7. The minimum atomic E-state index is -0.529. The van der Waals surface area contributed by atoms with Crippen molar-refractivity contribution in [1.29, 1.82) is 0 Å². The number of nitrogens with one attached hydrogen (secondary N) is 1. The Balaban J connectivity index is 1.79. The van der Waals surface area contributed by atoms with Crippen LogP contribution < -0.4 is 20.7 Å². The quantitative estimate of drug-likeness (QED) is 0.869. The van der Waals surface area contributed by atoms with Crippen molar-refractivity contribution in [3.63, 3.8) is 0 Å². The average Bonchev–Trinajstić information content (AvgIpc) is 2.62. The molecule has 1 unspecified atom stereocenters. The summed E-state index contributed by atoms with van der Waals surface area (Å²) in [5.74, 6) is 0.671. The summed E-state index contributed by atoms with van der Waals surface area (Å²) in [5.41, 5.74) is 7.56. The third kappa shape index (κ3) is 2.40. The third-order valence-corrected chi connectivity index (χ3v) is 5.93. The predicted octanol–water partition coefficient (Wildman–Crippen LogP) is 1.77. The Kier molecular flexibility index (Phi) is 3.96. The molecule has 4 aliphatic heterocycles. The molecule has 0 aliphatic carbocycles. The predicted molar refractivity (Wildman–Crippen MR) is 95.3 cm³/mol. The van der Waals surface area contributed by atoms with Gasteiger partial charge in [0.25, 0.3) is 5.91 Å². The monoisotopic (exact) mass is 350 g/mol. The van der Waals surface area contributed by atoms with Crippen molar-refractivity contribution in [2.24, 2.45) is 11.7 Å². The molecule has 4 aliphatic rings. The van der Waals surface area contributed by atoms with Gasteiger partial charge < -0.3 is 25.6 Å². The Hall–Kier alpha value is -1.66. The van der Waals surface area contributed by atoms with Crippen molar-refractivity contribution in [3.8, 4) is 5.75 Å². The van der Waals surface area contributed by atoms with Crippen molar-refractivity contribution in [2.75, 3.05) is 50.1 Å². The van der Waals surface area contributed by atoms with Crippen molar-refractivity contribution < 1.29 is 9.53 Å². The van der Waals surface area contributed by atoms with Crippen molar-refractivity contribution >= 4 is 28.9 Å². The summed E-state index contributed by atoms with van der Waals surface area (Å²) in [4.78, 5) is 16.7. The number of ether oxygens (including phenoxy) is 1. The smallest absolute Gasteiger partial charge is 0.252 e. The Bertz CT molecular complexity index is 673.